The average molecular weight is 441 g/mol. The van der Waals surface area contributed by atoms with E-state index in [1.54, 1.807) is 12.1 Å². The number of halogens is 3. The van der Waals surface area contributed by atoms with Crippen molar-refractivity contribution in [1.29, 1.82) is 0 Å². The molecule has 0 aliphatic carbocycles. The number of urea groups is 1. The lowest BCUT2D eigenvalue weighted by Crippen LogP contribution is -2.37. The van der Waals surface area contributed by atoms with Crippen molar-refractivity contribution in [3.8, 4) is 0 Å². The Bertz CT molecular complexity index is 1020. The molecule has 2 N–H and O–H groups in total. The first-order chi connectivity index (χ1) is 14.1. The van der Waals surface area contributed by atoms with Gasteiger partial charge in [0, 0.05) is 24.5 Å². The van der Waals surface area contributed by atoms with Crippen LogP contribution in [0, 0.1) is 0 Å². The third-order valence-electron chi connectivity index (χ3n) is 4.77. The molecule has 0 bridgehead atoms. The number of hydrogen-bond donors (Lipinski definition) is 2. The number of sulfonamides is 1. The summed E-state index contributed by atoms with van der Waals surface area (Å²) in [5, 5.41) is 5.10. The fourth-order valence-electron chi connectivity index (χ4n) is 3.27. The van der Waals surface area contributed by atoms with Gasteiger partial charge in [-0.15, -0.1) is 0 Å². The zero-order chi connectivity index (χ0) is 21.9. The molecule has 0 fully saturated rings. The fraction of sp³-hybridized carbons (Fsp3) is 0.350. The molecular weight excluding hydrogens is 419 g/mol. The molecule has 2 aromatic carbocycles. The van der Waals surface area contributed by atoms with Crippen molar-refractivity contribution in [3.05, 3.63) is 59.2 Å². The molecule has 2 amide bonds. The van der Waals surface area contributed by atoms with E-state index in [1.807, 2.05) is 13.0 Å². The van der Waals surface area contributed by atoms with E-state index in [4.69, 9.17) is 0 Å². The van der Waals surface area contributed by atoms with Crippen LogP contribution in [-0.4, -0.2) is 31.1 Å². The van der Waals surface area contributed by atoms with Crippen molar-refractivity contribution in [2.24, 2.45) is 0 Å². The van der Waals surface area contributed by atoms with Gasteiger partial charge in [0.25, 0.3) is 0 Å². The Morgan fingerprint density at radius 1 is 1.03 bits per heavy atom. The molecule has 3 rings (SSSR count). The molecule has 0 radical (unpaired) electrons. The van der Waals surface area contributed by atoms with Crippen LogP contribution in [0.1, 0.15) is 30.0 Å². The molecule has 2 aromatic rings. The van der Waals surface area contributed by atoms with Gasteiger partial charge in [0.1, 0.15) is 0 Å². The van der Waals surface area contributed by atoms with Crippen LogP contribution in [0.4, 0.5) is 29.3 Å². The molecule has 10 heteroatoms. The fourth-order valence-corrected chi connectivity index (χ4v) is 4.75. The van der Waals surface area contributed by atoms with Crippen molar-refractivity contribution >= 4 is 27.4 Å². The van der Waals surface area contributed by atoms with Crippen LogP contribution < -0.4 is 10.6 Å². The molecule has 6 nitrogen and oxygen atoms in total. The molecule has 1 heterocycles. The summed E-state index contributed by atoms with van der Waals surface area (Å²) in [4.78, 5) is 12.2. The first-order valence-corrected chi connectivity index (χ1v) is 11.0. The number of nitrogens with one attached hydrogen (secondary N) is 2. The number of alkyl halides is 3. The maximum atomic E-state index is 12.6. The van der Waals surface area contributed by atoms with Crippen LogP contribution in [0.2, 0.25) is 0 Å². The third kappa shape index (κ3) is 5.31. The minimum atomic E-state index is -4.44. The van der Waals surface area contributed by atoms with E-state index in [2.05, 4.69) is 10.6 Å². The summed E-state index contributed by atoms with van der Waals surface area (Å²) in [6.45, 7) is 2.48. The summed E-state index contributed by atoms with van der Waals surface area (Å²) in [6.07, 6.45) is -3.31. The highest BCUT2D eigenvalue weighted by molar-refractivity contribution is 7.89. The second-order valence-corrected chi connectivity index (χ2v) is 9.13. The lowest BCUT2D eigenvalue weighted by atomic mass is 10.0. The molecule has 30 heavy (non-hydrogen) atoms. The van der Waals surface area contributed by atoms with Gasteiger partial charge in [-0.2, -0.15) is 17.5 Å². The summed E-state index contributed by atoms with van der Waals surface area (Å²) in [5.41, 5.74) is 1.72. The van der Waals surface area contributed by atoms with Crippen LogP contribution >= 0.6 is 0 Å². The second kappa shape index (κ2) is 8.65. The molecule has 0 unspecified atom stereocenters. The number of hydrogen-bond acceptors (Lipinski definition) is 3. The molecular formula is C20H22F3N3O3S. The number of carbonyl (C=O) groups is 1. The van der Waals surface area contributed by atoms with E-state index >= 15 is 0 Å². The van der Waals surface area contributed by atoms with Gasteiger partial charge in [-0.3, -0.25) is 0 Å². The number of amides is 2. The van der Waals surface area contributed by atoms with Crippen LogP contribution in [0.5, 0.6) is 0 Å². The van der Waals surface area contributed by atoms with Crippen LogP contribution in [0.25, 0.3) is 0 Å². The molecule has 0 spiro atoms. The van der Waals surface area contributed by atoms with Gasteiger partial charge < -0.3 is 10.6 Å². The maximum absolute atomic E-state index is 12.6. The summed E-state index contributed by atoms with van der Waals surface area (Å²) in [7, 11) is -3.31. The number of nitrogens with zero attached hydrogens (tertiary/aromatic N) is 1. The Morgan fingerprint density at radius 3 is 2.30 bits per heavy atom. The smallest absolute Gasteiger partial charge is 0.308 e. The second-order valence-electron chi connectivity index (χ2n) is 7.04. The third-order valence-corrected chi connectivity index (χ3v) is 6.79. The van der Waals surface area contributed by atoms with Crippen molar-refractivity contribution in [3.63, 3.8) is 0 Å². The van der Waals surface area contributed by atoms with Crippen molar-refractivity contribution in [2.75, 3.05) is 22.9 Å². The monoisotopic (exact) mass is 441 g/mol. The van der Waals surface area contributed by atoms with Gasteiger partial charge in [-0.25, -0.2) is 13.2 Å². The number of fused-ring (bicyclic) bond motifs is 1. The minimum Gasteiger partial charge on any atom is -0.308 e. The summed E-state index contributed by atoms with van der Waals surface area (Å²) in [5.74, 6) is 0.0931. The summed E-state index contributed by atoms with van der Waals surface area (Å²) in [6, 6.07) is 8.78. The first kappa shape index (κ1) is 22.1. The lowest BCUT2D eigenvalue weighted by molar-refractivity contribution is -0.137. The van der Waals surface area contributed by atoms with Crippen LogP contribution in [0.3, 0.4) is 0 Å². The predicted molar refractivity (Wildman–Crippen MR) is 109 cm³/mol. The Hall–Kier alpha value is -2.59. The minimum absolute atomic E-state index is 0.0931. The van der Waals surface area contributed by atoms with E-state index in [9.17, 15) is 26.4 Å². The lowest BCUT2D eigenvalue weighted by Gasteiger charge is -2.28. The number of rotatable bonds is 5. The largest absolute Gasteiger partial charge is 0.416 e. The first-order valence-electron chi connectivity index (χ1n) is 9.43. The predicted octanol–water partition coefficient (Wildman–Crippen LogP) is 4.45. The van der Waals surface area contributed by atoms with E-state index < -0.39 is 27.8 Å². The van der Waals surface area contributed by atoms with Gasteiger partial charge in [-0.1, -0.05) is 13.0 Å². The number of anilines is 2. The zero-order valence-electron chi connectivity index (χ0n) is 16.3. The van der Waals surface area contributed by atoms with Gasteiger partial charge in [0.2, 0.25) is 10.0 Å². The summed E-state index contributed by atoms with van der Waals surface area (Å²) < 4.78 is 63.9. The molecule has 0 aromatic heterocycles. The average Bonchev–Trinajstić information content (AvgIpc) is 2.67. The highest BCUT2D eigenvalue weighted by atomic mass is 32.2. The maximum Gasteiger partial charge on any atom is 0.416 e. The normalized spacial score (nSPS) is 14.8. The Kier molecular flexibility index (Phi) is 6.37. The van der Waals surface area contributed by atoms with E-state index in [0.29, 0.717) is 25.1 Å². The molecule has 1 aliphatic heterocycles. The Labute approximate surface area is 173 Å². The van der Waals surface area contributed by atoms with Crippen molar-refractivity contribution in [1.82, 2.24) is 4.31 Å². The standard InChI is InChI=1S/C20H22F3N3O3S/c1-2-11-30(28,29)26-10-9-14-3-6-18(12-15(14)13-26)25-19(27)24-17-7-4-16(5-8-17)20(21,22)23/h3-8,12H,2,9-11,13H2,1H3,(H2,24,25,27). The Morgan fingerprint density at radius 2 is 1.67 bits per heavy atom. The zero-order valence-corrected chi connectivity index (χ0v) is 17.1. The van der Waals surface area contributed by atoms with Gasteiger partial charge >= 0.3 is 12.2 Å². The van der Waals surface area contributed by atoms with E-state index in [0.717, 1.165) is 23.3 Å². The topological polar surface area (TPSA) is 78.5 Å². The highest BCUT2D eigenvalue weighted by Crippen LogP contribution is 2.30. The molecule has 0 saturated heterocycles. The van der Waals surface area contributed by atoms with Crippen LogP contribution in [0.15, 0.2) is 42.5 Å². The van der Waals surface area contributed by atoms with Gasteiger partial charge in [0.15, 0.2) is 0 Å². The van der Waals surface area contributed by atoms with Crippen molar-refractivity contribution in [2.45, 2.75) is 32.5 Å². The molecule has 0 atom stereocenters. The molecule has 1 aliphatic rings. The molecule has 0 saturated carbocycles. The van der Waals surface area contributed by atoms with E-state index in [-0.39, 0.29) is 18.0 Å². The number of benzene rings is 2. The van der Waals surface area contributed by atoms with Crippen molar-refractivity contribution < 1.29 is 26.4 Å². The number of carbonyl (C=O) groups excluding carboxylic acids is 1. The molecule has 162 valence electrons. The Balaban J connectivity index is 1.66. The summed E-state index contributed by atoms with van der Waals surface area (Å²) >= 11 is 0. The van der Waals surface area contributed by atoms with E-state index in [1.165, 1.54) is 16.4 Å². The quantitative estimate of drug-likeness (QED) is 0.720. The highest BCUT2D eigenvalue weighted by Gasteiger charge is 2.30. The van der Waals surface area contributed by atoms with Gasteiger partial charge in [-0.05, 0) is 60.4 Å². The van der Waals surface area contributed by atoms with Crippen LogP contribution in [-0.2, 0) is 29.2 Å². The van der Waals surface area contributed by atoms with Gasteiger partial charge in [0.05, 0.1) is 11.3 Å². The SMILES string of the molecule is CCCS(=O)(=O)N1CCc2ccc(NC(=O)Nc3ccc(C(F)(F)F)cc3)cc2C1.